The molecule has 0 aromatic rings. The van der Waals surface area contributed by atoms with Crippen LogP contribution in [0.1, 0.15) is 123 Å². The van der Waals surface area contributed by atoms with E-state index in [9.17, 15) is 14.3 Å². The lowest BCUT2D eigenvalue weighted by atomic mass is 10.1. The molecular weight excluding hydrogens is 553 g/mol. The van der Waals surface area contributed by atoms with Gasteiger partial charge in [0.1, 0.15) is 19.3 Å². The van der Waals surface area contributed by atoms with Crippen LogP contribution in [0.4, 0.5) is 0 Å². The Bertz CT molecular complexity index is 736. The Balaban J connectivity index is 3.89. The van der Waals surface area contributed by atoms with Gasteiger partial charge in [-0.25, -0.2) is 4.57 Å². The van der Waals surface area contributed by atoms with Crippen molar-refractivity contribution in [2.45, 2.75) is 129 Å². The van der Waals surface area contributed by atoms with Gasteiger partial charge >= 0.3 is 13.8 Å². The number of likely N-dealkylation sites (N-methyl/N-ethyl adjacent to an activating group) is 1. The van der Waals surface area contributed by atoms with Gasteiger partial charge in [-0.05, 0) is 44.9 Å². The van der Waals surface area contributed by atoms with Crippen molar-refractivity contribution in [1.82, 2.24) is 0 Å². The van der Waals surface area contributed by atoms with Gasteiger partial charge in [-0.3, -0.25) is 13.8 Å². The summed E-state index contributed by atoms with van der Waals surface area (Å²) in [5.41, 5.74) is 0. The van der Waals surface area contributed by atoms with Crippen LogP contribution in [-0.4, -0.2) is 75.6 Å². The summed E-state index contributed by atoms with van der Waals surface area (Å²) in [6, 6.07) is 0. The molecule has 42 heavy (non-hydrogen) atoms. The smallest absolute Gasteiger partial charge is 0.457 e. The predicted octanol–water partition coefficient (Wildman–Crippen LogP) is 8.54. The lowest BCUT2D eigenvalue weighted by Crippen LogP contribution is -2.37. The molecule has 0 saturated carbocycles. The average Bonchev–Trinajstić information content (AvgIpc) is 2.91. The largest absolute Gasteiger partial charge is 0.472 e. The Hall–Kier alpha value is -1.02. The minimum atomic E-state index is -4.24. The van der Waals surface area contributed by atoms with E-state index in [1.165, 1.54) is 77.0 Å². The molecule has 0 aromatic carbocycles. The Kier molecular flexibility index (Phi) is 26.9. The maximum atomic E-state index is 12.2. The van der Waals surface area contributed by atoms with Crippen LogP contribution in [0, 0.1) is 0 Å². The number of phosphoric ester groups is 1. The highest BCUT2D eigenvalue weighted by Crippen LogP contribution is 2.43. The summed E-state index contributed by atoms with van der Waals surface area (Å²) in [5, 5.41) is 0. The van der Waals surface area contributed by atoms with Gasteiger partial charge in [0.2, 0.25) is 0 Å². The fourth-order valence-electron chi connectivity index (χ4n) is 4.15. The number of phosphoric acid groups is 1. The first-order valence-corrected chi connectivity index (χ1v) is 18.1. The molecule has 0 saturated heterocycles. The van der Waals surface area contributed by atoms with Gasteiger partial charge in [-0.2, -0.15) is 0 Å². The van der Waals surface area contributed by atoms with E-state index in [0.29, 0.717) is 24.1 Å². The molecule has 0 radical (unpaired) electrons. The highest BCUT2D eigenvalue weighted by atomic mass is 31.2. The number of allylic oxidation sites excluding steroid dienone is 4. The van der Waals surface area contributed by atoms with Gasteiger partial charge in [0.25, 0.3) is 0 Å². The molecule has 9 heteroatoms. The third-order valence-electron chi connectivity index (χ3n) is 6.74. The highest BCUT2D eigenvalue weighted by molar-refractivity contribution is 7.47. The van der Waals surface area contributed by atoms with E-state index in [2.05, 4.69) is 31.2 Å². The first-order chi connectivity index (χ1) is 20.1. The quantitative estimate of drug-likeness (QED) is 0.0284. The molecule has 2 atom stereocenters. The molecule has 1 N–H and O–H groups in total. The molecule has 0 aliphatic carbocycles. The van der Waals surface area contributed by atoms with Gasteiger partial charge in [-0.15, -0.1) is 0 Å². The molecule has 0 spiro atoms. The Morgan fingerprint density at radius 2 is 1.31 bits per heavy atom. The fourth-order valence-corrected chi connectivity index (χ4v) is 4.89. The lowest BCUT2D eigenvalue weighted by molar-refractivity contribution is -0.870. The Morgan fingerprint density at radius 1 is 0.738 bits per heavy atom. The third kappa shape index (κ3) is 30.4. The van der Waals surface area contributed by atoms with Crippen LogP contribution in [0.2, 0.25) is 0 Å². The predicted molar refractivity (Wildman–Crippen MR) is 173 cm³/mol. The van der Waals surface area contributed by atoms with E-state index in [1.807, 2.05) is 28.1 Å². The van der Waals surface area contributed by atoms with E-state index in [0.717, 1.165) is 19.3 Å². The van der Waals surface area contributed by atoms with Crippen LogP contribution in [-0.2, 0) is 27.9 Å². The van der Waals surface area contributed by atoms with Crippen molar-refractivity contribution >= 4 is 13.8 Å². The zero-order valence-corrected chi connectivity index (χ0v) is 28.6. The third-order valence-corrected chi connectivity index (χ3v) is 7.72. The maximum Gasteiger partial charge on any atom is 0.472 e. The van der Waals surface area contributed by atoms with Crippen molar-refractivity contribution < 1.29 is 37.3 Å². The molecule has 0 bridgehead atoms. The van der Waals surface area contributed by atoms with Crippen molar-refractivity contribution in [2.24, 2.45) is 0 Å². The first-order valence-electron chi connectivity index (χ1n) is 16.6. The van der Waals surface area contributed by atoms with Crippen LogP contribution in [0.15, 0.2) is 24.3 Å². The first kappa shape index (κ1) is 41.0. The summed E-state index contributed by atoms with van der Waals surface area (Å²) in [4.78, 5) is 21.9. The number of hydrogen-bond donors (Lipinski definition) is 1. The maximum absolute atomic E-state index is 12.2. The molecule has 0 aromatic heterocycles. The van der Waals surface area contributed by atoms with Crippen LogP contribution in [0.25, 0.3) is 0 Å². The van der Waals surface area contributed by atoms with E-state index in [1.54, 1.807) is 0 Å². The van der Waals surface area contributed by atoms with Crippen molar-refractivity contribution in [1.29, 1.82) is 0 Å². The van der Waals surface area contributed by atoms with Crippen molar-refractivity contribution in [3.63, 3.8) is 0 Å². The molecule has 0 aliphatic rings. The van der Waals surface area contributed by atoms with Crippen molar-refractivity contribution in [3.8, 4) is 0 Å². The van der Waals surface area contributed by atoms with E-state index < -0.39 is 13.9 Å². The summed E-state index contributed by atoms with van der Waals surface area (Å²) >= 11 is 0. The number of carbonyl (C=O) groups excluding carboxylic acids is 1. The second-order valence-corrected chi connectivity index (χ2v) is 13.6. The second kappa shape index (κ2) is 27.5. The normalized spacial score (nSPS) is 14.5. The number of unbranched alkanes of at least 4 members (excludes halogenated alkanes) is 12. The van der Waals surface area contributed by atoms with Crippen LogP contribution < -0.4 is 0 Å². The van der Waals surface area contributed by atoms with Crippen LogP contribution in [0.5, 0.6) is 0 Å². The Labute approximate surface area is 258 Å². The van der Waals surface area contributed by atoms with Crippen LogP contribution in [0.3, 0.4) is 0 Å². The zero-order valence-electron chi connectivity index (χ0n) is 27.7. The summed E-state index contributed by atoms with van der Waals surface area (Å²) in [7, 11) is 1.65. The van der Waals surface area contributed by atoms with Crippen molar-refractivity contribution in [2.75, 3.05) is 54.1 Å². The standard InChI is InChI=1S/C33H64NO7P/c1-6-8-9-10-11-12-13-14-15-16-17-18-19-20-21-22-23-24-25-28-38-30-32(41-33(35)26-7-2)31-40-42(36,37)39-29-27-34(3,4)5/h12-13,15-16,32H,6-11,14,17-31H2,1-5H3/p+1/b13-12-,16-15-. The number of quaternary nitrogens is 1. The second-order valence-electron chi connectivity index (χ2n) is 12.2. The van der Waals surface area contributed by atoms with Gasteiger partial charge < -0.3 is 18.9 Å². The number of nitrogens with zero attached hydrogens (tertiary/aromatic N) is 1. The van der Waals surface area contributed by atoms with Gasteiger partial charge in [-0.1, -0.05) is 95.9 Å². The SMILES string of the molecule is CCCCCC/C=C\C/C=C\CCCCCCCCCCOCC(COP(=O)(O)OCC[N+](C)(C)C)OC(=O)CCC. The van der Waals surface area contributed by atoms with Gasteiger partial charge in [0, 0.05) is 13.0 Å². The monoisotopic (exact) mass is 618 g/mol. The zero-order chi connectivity index (χ0) is 31.4. The summed E-state index contributed by atoms with van der Waals surface area (Å²) in [5.74, 6) is -0.370. The highest BCUT2D eigenvalue weighted by Gasteiger charge is 2.26. The summed E-state index contributed by atoms with van der Waals surface area (Å²) < 4.78 is 34.1. The van der Waals surface area contributed by atoms with Gasteiger partial charge in [0.15, 0.2) is 0 Å². The molecular formula is C33H65NO7P+. The van der Waals surface area contributed by atoms with E-state index in [-0.39, 0.29) is 32.2 Å². The summed E-state index contributed by atoms with van der Waals surface area (Å²) in [6.45, 7) is 5.21. The fraction of sp³-hybridized carbons (Fsp3) is 0.848. The van der Waals surface area contributed by atoms with E-state index >= 15 is 0 Å². The molecule has 0 aliphatic heterocycles. The number of ether oxygens (including phenoxy) is 2. The number of carbonyl (C=O) groups is 1. The molecule has 0 amide bonds. The molecule has 2 unspecified atom stereocenters. The molecule has 248 valence electrons. The molecule has 0 rings (SSSR count). The Morgan fingerprint density at radius 3 is 1.88 bits per heavy atom. The minimum absolute atomic E-state index is 0.0861. The molecule has 8 nitrogen and oxygen atoms in total. The number of esters is 1. The average molecular weight is 619 g/mol. The van der Waals surface area contributed by atoms with Gasteiger partial charge in [0.05, 0.1) is 34.4 Å². The lowest BCUT2D eigenvalue weighted by Gasteiger charge is -2.24. The van der Waals surface area contributed by atoms with E-state index in [4.69, 9.17) is 18.5 Å². The summed E-state index contributed by atoms with van der Waals surface area (Å²) in [6.07, 6.45) is 27.8. The molecule has 0 fully saturated rings. The topological polar surface area (TPSA) is 91.3 Å². The van der Waals surface area contributed by atoms with Crippen molar-refractivity contribution in [3.05, 3.63) is 24.3 Å². The minimum Gasteiger partial charge on any atom is -0.457 e. The van der Waals surface area contributed by atoms with Crippen LogP contribution >= 0.6 is 7.82 Å². The number of rotatable bonds is 30. The molecule has 0 heterocycles. The number of hydrogen-bond acceptors (Lipinski definition) is 6.